The molecule has 1 unspecified atom stereocenters. The van der Waals surface area contributed by atoms with Gasteiger partial charge in [-0.15, -0.1) is 0 Å². The summed E-state index contributed by atoms with van der Waals surface area (Å²) in [7, 11) is 0. The highest BCUT2D eigenvalue weighted by Crippen LogP contribution is 2.30. The van der Waals surface area contributed by atoms with Crippen LogP contribution in [0.25, 0.3) is 0 Å². The first-order chi connectivity index (χ1) is 10.0. The van der Waals surface area contributed by atoms with Gasteiger partial charge in [0, 0.05) is 0 Å². The van der Waals surface area contributed by atoms with Crippen molar-refractivity contribution in [2.45, 2.75) is 32.0 Å². The summed E-state index contributed by atoms with van der Waals surface area (Å²) < 4.78 is 43.6. The Morgan fingerprint density at radius 3 is 2.62 bits per heavy atom. The fourth-order valence-electron chi connectivity index (χ4n) is 2.19. The molecule has 1 aromatic heterocycles. The van der Waals surface area contributed by atoms with E-state index in [1.54, 1.807) is 18.4 Å². The van der Waals surface area contributed by atoms with Gasteiger partial charge in [0.05, 0.1) is 17.9 Å². The topological polar surface area (TPSA) is 25.2 Å². The van der Waals surface area contributed by atoms with Crippen molar-refractivity contribution in [1.29, 1.82) is 0 Å². The fourth-order valence-corrected chi connectivity index (χ4v) is 2.19. The van der Waals surface area contributed by atoms with Gasteiger partial charge in [0.15, 0.2) is 0 Å². The summed E-state index contributed by atoms with van der Waals surface area (Å²) in [6, 6.07) is 8.93. The van der Waals surface area contributed by atoms with E-state index in [9.17, 15) is 13.2 Å². The van der Waals surface area contributed by atoms with E-state index in [2.05, 4.69) is 5.32 Å². The first-order valence-corrected chi connectivity index (χ1v) is 6.93. The van der Waals surface area contributed by atoms with E-state index < -0.39 is 11.7 Å². The quantitative estimate of drug-likeness (QED) is 0.844. The maximum Gasteiger partial charge on any atom is 0.416 e. The highest BCUT2D eigenvalue weighted by atomic mass is 19.4. The predicted octanol–water partition coefficient (Wildman–Crippen LogP) is 4.58. The summed E-state index contributed by atoms with van der Waals surface area (Å²) in [5.41, 5.74) is 0.0171. The Morgan fingerprint density at radius 2 is 2.00 bits per heavy atom. The zero-order valence-electron chi connectivity index (χ0n) is 11.8. The second kappa shape index (κ2) is 6.80. The Hall–Kier alpha value is -1.75. The van der Waals surface area contributed by atoms with E-state index in [0.29, 0.717) is 12.0 Å². The van der Waals surface area contributed by atoms with Crippen LogP contribution >= 0.6 is 0 Å². The van der Waals surface area contributed by atoms with Crippen LogP contribution in [0, 0.1) is 0 Å². The maximum absolute atomic E-state index is 12.7. The number of benzene rings is 1. The van der Waals surface area contributed by atoms with Gasteiger partial charge in [0.1, 0.15) is 5.76 Å². The van der Waals surface area contributed by atoms with Gasteiger partial charge in [-0.2, -0.15) is 13.2 Å². The molecule has 0 aliphatic rings. The second-order valence-corrected chi connectivity index (χ2v) is 4.92. The lowest BCUT2D eigenvalue weighted by atomic mass is 10.0. The van der Waals surface area contributed by atoms with Crippen molar-refractivity contribution in [2.24, 2.45) is 0 Å². The molecule has 1 aromatic carbocycles. The summed E-state index contributed by atoms with van der Waals surface area (Å²) >= 11 is 0. The van der Waals surface area contributed by atoms with Gasteiger partial charge in [-0.1, -0.05) is 25.1 Å². The van der Waals surface area contributed by atoms with Crippen molar-refractivity contribution in [3.05, 3.63) is 59.5 Å². The van der Waals surface area contributed by atoms with Crippen molar-refractivity contribution in [1.82, 2.24) is 5.32 Å². The molecule has 2 rings (SSSR count). The summed E-state index contributed by atoms with van der Waals surface area (Å²) in [6.07, 6.45) is -1.34. The molecule has 2 aromatic rings. The van der Waals surface area contributed by atoms with E-state index in [4.69, 9.17) is 4.42 Å². The van der Waals surface area contributed by atoms with Crippen LogP contribution in [-0.2, 0) is 12.6 Å². The Balaban J connectivity index is 2.17. The zero-order valence-corrected chi connectivity index (χ0v) is 11.8. The third-order valence-electron chi connectivity index (χ3n) is 3.22. The number of rotatable bonds is 6. The second-order valence-electron chi connectivity index (χ2n) is 4.92. The van der Waals surface area contributed by atoms with Crippen molar-refractivity contribution in [2.75, 3.05) is 6.54 Å². The largest absolute Gasteiger partial charge is 0.468 e. The Bertz CT molecular complexity index is 549. The number of furan rings is 1. The highest BCUT2D eigenvalue weighted by Gasteiger charge is 2.30. The standard InChI is InChI=1S/C16H18F3NO/c1-2-8-20-14(15-7-4-9-21-15)11-12-5-3-6-13(10-12)16(17,18)19/h3-7,9-10,14,20H,2,8,11H2,1H3. The van der Waals surface area contributed by atoms with E-state index in [0.717, 1.165) is 24.8 Å². The molecule has 0 spiro atoms. The molecule has 0 aliphatic heterocycles. The molecule has 0 radical (unpaired) electrons. The number of nitrogens with one attached hydrogen (secondary N) is 1. The van der Waals surface area contributed by atoms with E-state index in [1.807, 2.05) is 13.0 Å². The van der Waals surface area contributed by atoms with E-state index >= 15 is 0 Å². The molecule has 1 N–H and O–H groups in total. The molecule has 2 nitrogen and oxygen atoms in total. The molecule has 0 fully saturated rings. The lowest BCUT2D eigenvalue weighted by Gasteiger charge is -2.17. The SMILES string of the molecule is CCCNC(Cc1cccc(C(F)(F)F)c1)c1ccco1. The molecule has 114 valence electrons. The van der Waals surface area contributed by atoms with Crippen LogP contribution in [0.1, 0.15) is 36.3 Å². The number of halogens is 3. The molecule has 0 saturated heterocycles. The van der Waals surface area contributed by atoms with Gasteiger partial charge in [-0.3, -0.25) is 0 Å². The summed E-state index contributed by atoms with van der Waals surface area (Å²) in [4.78, 5) is 0. The van der Waals surface area contributed by atoms with Crippen LogP contribution < -0.4 is 5.32 Å². The molecular formula is C16H18F3NO. The van der Waals surface area contributed by atoms with Crippen LogP contribution in [0.3, 0.4) is 0 Å². The van der Waals surface area contributed by atoms with Crippen molar-refractivity contribution < 1.29 is 17.6 Å². The number of hydrogen-bond acceptors (Lipinski definition) is 2. The van der Waals surface area contributed by atoms with Gasteiger partial charge in [-0.05, 0) is 43.1 Å². The van der Waals surface area contributed by atoms with Crippen molar-refractivity contribution >= 4 is 0 Å². The normalized spacial score (nSPS) is 13.3. The van der Waals surface area contributed by atoms with Crippen LogP contribution in [0.4, 0.5) is 13.2 Å². The molecule has 5 heteroatoms. The third kappa shape index (κ3) is 4.36. The van der Waals surface area contributed by atoms with Crippen molar-refractivity contribution in [3.8, 4) is 0 Å². The molecule has 0 bridgehead atoms. The first-order valence-electron chi connectivity index (χ1n) is 6.93. The summed E-state index contributed by atoms with van der Waals surface area (Å²) in [6.45, 7) is 2.82. The molecule has 0 aliphatic carbocycles. The zero-order chi connectivity index (χ0) is 15.3. The van der Waals surface area contributed by atoms with Gasteiger partial charge >= 0.3 is 6.18 Å². The average molecular weight is 297 g/mol. The average Bonchev–Trinajstić information content (AvgIpc) is 2.97. The molecule has 0 saturated carbocycles. The molecular weight excluding hydrogens is 279 g/mol. The van der Waals surface area contributed by atoms with Crippen molar-refractivity contribution in [3.63, 3.8) is 0 Å². The Kier molecular flexibility index (Phi) is 5.07. The van der Waals surface area contributed by atoms with Gasteiger partial charge < -0.3 is 9.73 Å². The molecule has 1 heterocycles. The summed E-state index contributed by atoms with van der Waals surface area (Å²) in [5.74, 6) is 0.737. The minimum atomic E-state index is -4.31. The van der Waals surface area contributed by atoms with E-state index in [-0.39, 0.29) is 6.04 Å². The first kappa shape index (κ1) is 15.6. The molecule has 21 heavy (non-hydrogen) atoms. The minimum absolute atomic E-state index is 0.122. The Morgan fingerprint density at radius 1 is 1.19 bits per heavy atom. The van der Waals surface area contributed by atoms with Gasteiger partial charge in [0.2, 0.25) is 0 Å². The maximum atomic E-state index is 12.7. The summed E-state index contributed by atoms with van der Waals surface area (Å²) in [5, 5.41) is 3.30. The number of hydrogen-bond donors (Lipinski definition) is 1. The van der Waals surface area contributed by atoms with Crippen LogP contribution in [0.2, 0.25) is 0 Å². The fraction of sp³-hybridized carbons (Fsp3) is 0.375. The monoisotopic (exact) mass is 297 g/mol. The predicted molar refractivity (Wildman–Crippen MR) is 74.9 cm³/mol. The number of alkyl halides is 3. The van der Waals surface area contributed by atoms with E-state index in [1.165, 1.54) is 12.1 Å². The smallest absolute Gasteiger partial charge is 0.416 e. The minimum Gasteiger partial charge on any atom is -0.468 e. The van der Waals surface area contributed by atoms with Gasteiger partial charge in [0.25, 0.3) is 0 Å². The third-order valence-corrected chi connectivity index (χ3v) is 3.22. The molecule has 1 atom stereocenters. The van der Waals surface area contributed by atoms with Crippen LogP contribution in [0.15, 0.2) is 47.1 Å². The van der Waals surface area contributed by atoms with Crippen LogP contribution in [-0.4, -0.2) is 6.54 Å². The van der Waals surface area contributed by atoms with Crippen LogP contribution in [0.5, 0.6) is 0 Å². The molecule has 0 amide bonds. The lowest BCUT2D eigenvalue weighted by molar-refractivity contribution is -0.137. The van der Waals surface area contributed by atoms with Gasteiger partial charge in [-0.25, -0.2) is 0 Å². The highest BCUT2D eigenvalue weighted by molar-refractivity contribution is 5.27. The lowest BCUT2D eigenvalue weighted by Crippen LogP contribution is -2.23. The Labute approximate surface area is 122 Å².